The summed E-state index contributed by atoms with van der Waals surface area (Å²) < 4.78 is 8.42. The number of aromatic nitrogens is 2. The van der Waals surface area contributed by atoms with E-state index in [9.17, 15) is 9.59 Å². The van der Waals surface area contributed by atoms with Gasteiger partial charge in [-0.25, -0.2) is 4.79 Å². The number of hydrogen-bond acceptors (Lipinski definition) is 7. The van der Waals surface area contributed by atoms with E-state index >= 15 is 0 Å². The summed E-state index contributed by atoms with van der Waals surface area (Å²) in [4.78, 5) is 28.6. The molecule has 1 aromatic heterocycles. The molecule has 0 fully saturated rings. The number of anilines is 1. The van der Waals surface area contributed by atoms with Crippen LogP contribution < -0.4 is 10.6 Å². The van der Waals surface area contributed by atoms with Gasteiger partial charge in [0.25, 0.3) is 5.91 Å². The van der Waals surface area contributed by atoms with E-state index in [0.29, 0.717) is 3.95 Å². The molecule has 0 bridgehead atoms. The molecule has 0 saturated heterocycles. The predicted octanol–water partition coefficient (Wildman–Crippen LogP) is 2.24. The highest BCUT2D eigenvalue weighted by atomic mass is 32.2. The number of rotatable bonds is 4. The highest BCUT2D eigenvalue weighted by Crippen LogP contribution is 2.12. The molecule has 1 rings (SSSR count). The summed E-state index contributed by atoms with van der Waals surface area (Å²) in [6.45, 7) is 10.8. The molecule has 7 nitrogen and oxygen atoms in total. The van der Waals surface area contributed by atoms with Crippen molar-refractivity contribution in [2.45, 2.75) is 58.7 Å². The van der Waals surface area contributed by atoms with Crippen molar-refractivity contribution in [2.24, 2.45) is 0 Å². The maximum Gasteiger partial charge on any atom is 0.333 e. The van der Waals surface area contributed by atoms with Crippen LogP contribution >= 0.6 is 23.8 Å². The molecule has 0 radical (unpaired) electrons. The Balaban J connectivity index is 2.91. The molecule has 1 heterocycles. The van der Waals surface area contributed by atoms with Crippen LogP contribution in [0.4, 0.5) is 5.95 Å². The van der Waals surface area contributed by atoms with Crippen LogP contribution in [0.2, 0.25) is 0 Å². The number of amides is 1. The largest absolute Gasteiger partial charge is 0.458 e. The van der Waals surface area contributed by atoms with Crippen molar-refractivity contribution >= 4 is 41.6 Å². The second-order valence-electron chi connectivity index (χ2n) is 6.78. The third-order valence-corrected chi connectivity index (χ3v) is 3.06. The van der Waals surface area contributed by atoms with Gasteiger partial charge in [0.15, 0.2) is 10.00 Å². The van der Waals surface area contributed by atoms with E-state index in [4.69, 9.17) is 17.0 Å². The Morgan fingerprint density at radius 1 is 1.27 bits per heavy atom. The van der Waals surface area contributed by atoms with Crippen molar-refractivity contribution in [3.8, 4) is 0 Å². The average molecular weight is 346 g/mol. The number of carbonyl (C=O) groups excluding carboxylic acids is 2. The fraction of sp³-hybridized carbons (Fsp3) is 0.692. The number of hydrogen-bond donors (Lipinski definition) is 3. The summed E-state index contributed by atoms with van der Waals surface area (Å²) in [6, 6.07) is -1.15. The van der Waals surface area contributed by atoms with Gasteiger partial charge in [-0.15, -0.1) is 0 Å². The third kappa shape index (κ3) is 6.63. The molecule has 3 N–H and O–H groups in total. The Morgan fingerprint density at radius 3 is 2.27 bits per heavy atom. The van der Waals surface area contributed by atoms with Gasteiger partial charge >= 0.3 is 5.97 Å². The molecule has 0 spiro atoms. The fourth-order valence-corrected chi connectivity index (χ4v) is 2.13. The Hall–Kier alpha value is -1.32. The van der Waals surface area contributed by atoms with Crippen LogP contribution in [0.15, 0.2) is 0 Å². The normalized spacial score (nSPS) is 13.5. The maximum absolute atomic E-state index is 12.4. The maximum atomic E-state index is 12.4. The van der Waals surface area contributed by atoms with Crippen molar-refractivity contribution in [2.75, 3.05) is 5.32 Å². The van der Waals surface area contributed by atoms with Crippen molar-refractivity contribution in [1.82, 2.24) is 14.7 Å². The zero-order valence-electron chi connectivity index (χ0n) is 13.6. The minimum Gasteiger partial charge on any atom is -0.458 e. The van der Waals surface area contributed by atoms with Crippen LogP contribution in [0, 0.1) is 3.95 Å². The molecule has 1 unspecified atom stereocenters. The number of carbonyl (C=O) groups is 2. The minimum atomic E-state index is -1.15. The van der Waals surface area contributed by atoms with Crippen molar-refractivity contribution < 1.29 is 14.3 Å². The van der Waals surface area contributed by atoms with Crippen LogP contribution in [0.1, 0.15) is 41.5 Å². The Labute approximate surface area is 139 Å². The lowest BCUT2D eigenvalue weighted by Crippen LogP contribution is -2.55. The minimum absolute atomic E-state index is 0.212. The first kappa shape index (κ1) is 18.7. The number of nitrogens with one attached hydrogen (secondary N) is 3. The fourth-order valence-electron chi connectivity index (χ4n) is 1.50. The molecule has 1 atom stereocenters. The summed E-state index contributed by atoms with van der Waals surface area (Å²) >= 11 is 6.00. The first-order chi connectivity index (χ1) is 9.87. The molecular weight excluding hydrogens is 324 g/mol. The number of H-pyrrole nitrogens is 1. The van der Waals surface area contributed by atoms with E-state index in [2.05, 4.69) is 20.0 Å². The van der Waals surface area contributed by atoms with Gasteiger partial charge in [0.05, 0.1) is 0 Å². The Kier molecular flexibility index (Phi) is 5.82. The Morgan fingerprint density at radius 2 is 1.86 bits per heavy atom. The van der Waals surface area contributed by atoms with E-state index < -0.39 is 29.1 Å². The van der Waals surface area contributed by atoms with Gasteiger partial charge < -0.3 is 4.74 Å². The number of aromatic amines is 1. The zero-order chi connectivity index (χ0) is 17.1. The van der Waals surface area contributed by atoms with Crippen molar-refractivity contribution in [3.05, 3.63) is 3.95 Å². The SMILES string of the molecule is CC(C)(C)NC(C(=O)Nc1nc(=S)s[nH]1)C(=O)OC(C)(C)C. The molecular formula is C13H22N4O3S2. The van der Waals surface area contributed by atoms with Crippen molar-refractivity contribution in [3.63, 3.8) is 0 Å². The predicted molar refractivity (Wildman–Crippen MR) is 88.5 cm³/mol. The summed E-state index contributed by atoms with van der Waals surface area (Å²) in [5.74, 6) is -0.987. The third-order valence-electron chi connectivity index (χ3n) is 2.16. The topological polar surface area (TPSA) is 96.1 Å². The molecule has 1 amide bonds. The second kappa shape index (κ2) is 6.84. The van der Waals surface area contributed by atoms with E-state index in [1.54, 1.807) is 20.8 Å². The lowest BCUT2D eigenvalue weighted by molar-refractivity contribution is -0.159. The molecule has 0 aliphatic rings. The Bertz CT molecular complexity index is 595. The van der Waals surface area contributed by atoms with Crippen LogP contribution in [0.25, 0.3) is 0 Å². The van der Waals surface area contributed by atoms with Crippen LogP contribution in [-0.2, 0) is 14.3 Å². The summed E-state index contributed by atoms with van der Waals surface area (Å²) in [6.07, 6.45) is 0. The highest BCUT2D eigenvalue weighted by molar-refractivity contribution is 7.73. The van der Waals surface area contributed by atoms with Gasteiger partial charge in [-0.05, 0) is 65.3 Å². The van der Waals surface area contributed by atoms with E-state index in [1.165, 1.54) is 0 Å². The summed E-state index contributed by atoms with van der Waals surface area (Å²) in [7, 11) is 0. The molecule has 0 aliphatic carbocycles. The summed E-state index contributed by atoms with van der Waals surface area (Å²) in [5, 5.41) is 5.48. The first-order valence-corrected chi connectivity index (χ1v) is 7.97. The molecule has 0 aromatic carbocycles. The van der Waals surface area contributed by atoms with Crippen LogP contribution in [0.5, 0.6) is 0 Å². The number of ether oxygens (including phenoxy) is 1. The molecule has 124 valence electrons. The summed E-state index contributed by atoms with van der Waals surface area (Å²) in [5.41, 5.74) is -1.14. The molecule has 9 heteroatoms. The van der Waals surface area contributed by atoms with Crippen LogP contribution in [-0.4, -0.2) is 38.4 Å². The zero-order valence-corrected chi connectivity index (χ0v) is 15.2. The van der Waals surface area contributed by atoms with Gasteiger partial charge in [0.2, 0.25) is 5.95 Å². The van der Waals surface area contributed by atoms with Gasteiger partial charge in [0, 0.05) is 5.54 Å². The number of esters is 1. The first-order valence-electron chi connectivity index (χ1n) is 6.74. The van der Waals surface area contributed by atoms with Crippen molar-refractivity contribution in [1.29, 1.82) is 0 Å². The average Bonchev–Trinajstić information content (AvgIpc) is 2.68. The quantitative estimate of drug-likeness (QED) is 0.439. The smallest absolute Gasteiger partial charge is 0.333 e. The van der Waals surface area contributed by atoms with E-state index in [1.807, 2.05) is 20.8 Å². The van der Waals surface area contributed by atoms with Gasteiger partial charge in [0.1, 0.15) is 5.60 Å². The molecule has 1 aromatic rings. The molecule has 0 aliphatic heterocycles. The molecule has 0 saturated carbocycles. The second-order valence-corrected chi connectivity index (χ2v) is 8.22. The standard InChI is InChI=1S/C13H22N4O3S2/c1-12(2,3)16-7(9(19)20-13(4,5)6)8(18)14-10-15-11(21)22-17-10/h7,16H,1-6H3,(H2,14,15,17,18,21). The number of nitrogens with zero attached hydrogens (tertiary/aromatic N) is 1. The van der Waals surface area contributed by atoms with Gasteiger partial charge in [-0.2, -0.15) is 4.98 Å². The highest BCUT2D eigenvalue weighted by Gasteiger charge is 2.34. The van der Waals surface area contributed by atoms with Gasteiger partial charge in [-0.3, -0.25) is 19.8 Å². The van der Waals surface area contributed by atoms with E-state index in [-0.39, 0.29) is 5.95 Å². The van der Waals surface area contributed by atoms with Crippen LogP contribution in [0.3, 0.4) is 0 Å². The monoisotopic (exact) mass is 346 g/mol. The lowest BCUT2D eigenvalue weighted by Gasteiger charge is -2.29. The van der Waals surface area contributed by atoms with Gasteiger partial charge in [-0.1, -0.05) is 0 Å². The van der Waals surface area contributed by atoms with E-state index in [0.717, 1.165) is 11.5 Å². The molecule has 22 heavy (non-hydrogen) atoms. The lowest BCUT2D eigenvalue weighted by atomic mass is 10.1.